The fourth-order valence-electron chi connectivity index (χ4n) is 3.37. The van der Waals surface area contributed by atoms with Crippen LogP contribution in [0, 0.1) is 0 Å². The molecule has 1 aliphatic rings. The Bertz CT molecular complexity index is 1070. The summed E-state index contributed by atoms with van der Waals surface area (Å²) in [6.07, 6.45) is 2.22. The zero-order chi connectivity index (χ0) is 20.2. The van der Waals surface area contributed by atoms with E-state index in [2.05, 4.69) is 11.4 Å². The van der Waals surface area contributed by atoms with Crippen molar-refractivity contribution in [2.75, 3.05) is 13.2 Å². The molecule has 6 heteroatoms. The molecule has 0 bridgehead atoms. The molecular weight excluding hydrogens is 370 g/mol. The molecule has 2 aromatic carbocycles. The van der Waals surface area contributed by atoms with Crippen molar-refractivity contribution < 1.29 is 23.5 Å². The highest BCUT2D eigenvalue weighted by atomic mass is 16.5. The summed E-state index contributed by atoms with van der Waals surface area (Å²) in [5, 5.41) is 2.55. The van der Waals surface area contributed by atoms with Crippen LogP contribution in [-0.2, 0) is 16.0 Å². The van der Waals surface area contributed by atoms with Crippen molar-refractivity contribution in [3.05, 3.63) is 83.3 Å². The van der Waals surface area contributed by atoms with Gasteiger partial charge in [0.25, 0.3) is 5.91 Å². The molecule has 3 aromatic rings. The van der Waals surface area contributed by atoms with Gasteiger partial charge in [-0.1, -0.05) is 36.4 Å². The zero-order valence-corrected chi connectivity index (χ0v) is 15.6. The number of hydrogen-bond acceptors (Lipinski definition) is 5. The van der Waals surface area contributed by atoms with E-state index in [0.717, 1.165) is 17.5 Å². The molecule has 1 N–H and O–H groups in total. The number of ether oxygens (including phenoxy) is 1. The third-order valence-electron chi connectivity index (χ3n) is 4.84. The lowest BCUT2D eigenvalue weighted by Crippen LogP contribution is -2.26. The summed E-state index contributed by atoms with van der Waals surface area (Å²) in [5.74, 6) is -1.04. The van der Waals surface area contributed by atoms with Crippen molar-refractivity contribution in [1.29, 1.82) is 0 Å². The van der Waals surface area contributed by atoms with Crippen LogP contribution in [0.3, 0.4) is 0 Å². The van der Waals surface area contributed by atoms with Crippen LogP contribution in [0.2, 0.25) is 0 Å². The van der Waals surface area contributed by atoms with Gasteiger partial charge in [0.2, 0.25) is 0 Å². The molecule has 0 saturated heterocycles. The maximum atomic E-state index is 12.4. The van der Waals surface area contributed by atoms with Crippen LogP contribution >= 0.6 is 0 Å². The van der Waals surface area contributed by atoms with Crippen molar-refractivity contribution in [2.24, 2.45) is 0 Å². The van der Waals surface area contributed by atoms with Crippen LogP contribution in [0.5, 0.6) is 0 Å². The Morgan fingerprint density at radius 3 is 2.62 bits per heavy atom. The topological polar surface area (TPSA) is 85.6 Å². The molecule has 0 saturated carbocycles. The summed E-state index contributed by atoms with van der Waals surface area (Å²) in [6, 6.07) is 16.8. The van der Waals surface area contributed by atoms with Crippen LogP contribution in [-0.4, -0.2) is 30.8 Å². The first-order chi connectivity index (χ1) is 14.1. The van der Waals surface area contributed by atoms with E-state index in [1.807, 2.05) is 30.3 Å². The smallest absolute Gasteiger partial charge is 0.308 e. The number of esters is 1. The molecule has 1 aliphatic carbocycles. The molecule has 0 fully saturated rings. The standard InChI is InChI=1S/C23H19NO5/c25-20(14-29-22(26)9-10-24-23(27)21-6-3-11-28-21)17-8-7-16-12-15-4-1-2-5-18(15)19(16)13-17/h1-8,11,13H,9-10,12,14H2,(H,24,27). The molecule has 4 rings (SSSR count). The maximum Gasteiger partial charge on any atom is 0.308 e. The molecule has 6 nitrogen and oxygen atoms in total. The van der Waals surface area contributed by atoms with Gasteiger partial charge in [-0.2, -0.15) is 0 Å². The van der Waals surface area contributed by atoms with Gasteiger partial charge in [0.1, 0.15) is 0 Å². The van der Waals surface area contributed by atoms with E-state index in [0.29, 0.717) is 5.56 Å². The number of rotatable bonds is 7. The van der Waals surface area contributed by atoms with Crippen LogP contribution in [0.1, 0.15) is 38.5 Å². The monoisotopic (exact) mass is 389 g/mol. The number of fused-ring (bicyclic) bond motifs is 3. The van der Waals surface area contributed by atoms with E-state index >= 15 is 0 Å². The number of ketones is 1. The largest absolute Gasteiger partial charge is 0.459 e. The summed E-state index contributed by atoms with van der Waals surface area (Å²) >= 11 is 0. The number of nitrogens with one attached hydrogen (secondary N) is 1. The number of carbonyl (C=O) groups excluding carboxylic acids is 3. The summed E-state index contributed by atoms with van der Waals surface area (Å²) in [5.41, 5.74) is 5.14. The van der Waals surface area contributed by atoms with E-state index in [1.165, 1.54) is 23.5 Å². The van der Waals surface area contributed by atoms with Crippen molar-refractivity contribution in [2.45, 2.75) is 12.8 Å². The minimum absolute atomic E-state index is 0.0305. The van der Waals surface area contributed by atoms with Crippen LogP contribution in [0.25, 0.3) is 11.1 Å². The van der Waals surface area contributed by atoms with E-state index in [1.54, 1.807) is 12.1 Å². The third-order valence-corrected chi connectivity index (χ3v) is 4.84. The number of amides is 1. The molecule has 1 aromatic heterocycles. The molecule has 0 atom stereocenters. The number of Topliss-reactive ketones (excluding diaryl/α,β-unsaturated/α-hetero) is 1. The summed E-state index contributed by atoms with van der Waals surface area (Å²) in [7, 11) is 0. The summed E-state index contributed by atoms with van der Waals surface area (Å²) < 4.78 is 10.0. The average Bonchev–Trinajstić information content (AvgIpc) is 3.39. The first kappa shape index (κ1) is 18.7. The minimum atomic E-state index is -0.551. The highest BCUT2D eigenvalue weighted by molar-refractivity contribution is 5.99. The first-order valence-corrected chi connectivity index (χ1v) is 9.33. The Kier molecular flexibility index (Phi) is 5.24. The van der Waals surface area contributed by atoms with E-state index in [4.69, 9.17) is 9.15 Å². The normalized spacial score (nSPS) is 11.4. The SMILES string of the molecule is O=C(CCNC(=O)c1ccco1)OCC(=O)c1ccc2c(c1)-c1ccccc1C2. The Hall–Kier alpha value is -3.67. The summed E-state index contributed by atoms with van der Waals surface area (Å²) in [4.78, 5) is 36.0. The fraction of sp³-hybridized carbons (Fsp3) is 0.174. The van der Waals surface area contributed by atoms with E-state index in [-0.39, 0.29) is 31.1 Å². The predicted octanol–water partition coefficient (Wildman–Crippen LogP) is 3.40. The molecule has 0 spiro atoms. The second-order valence-corrected chi connectivity index (χ2v) is 6.77. The second kappa shape index (κ2) is 8.14. The number of carbonyl (C=O) groups is 3. The van der Waals surface area contributed by atoms with E-state index in [9.17, 15) is 14.4 Å². The Morgan fingerprint density at radius 1 is 0.966 bits per heavy atom. The molecular formula is C23H19NO5. The number of furan rings is 1. The van der Waals surface area contributed by atoms with Crippen LogP contribution < -0.4 is 5.32 Å². The first-order valence-electron chi connectivity index (χ1n) is 9.33. The van der Waals surface area contributed by atoms with Gasteiger partial charge < -0.3 is 14.5 Å². The second-order valence-electron chi connectivity index (χ2n) is 6.77. The Labute approximate surface area is 167 Å². The highest BCUT2D eigenvalue weighted by Crippen LogP contribution is 2.36. The third kappa shape index (κ3) is 4.11. The minimum Gasteiger partial charge on any atom is -0.459 e. The van der Waals surface area contributed by atoms with Crippen molar-refractivity contribution in [3.8, 4) is 11.1 Å². The van der Waals surface area contributed by atoms with Gasteiger partial charge in [0.15, 0.2) is 18.2 Å². The van der Waals surface area contributed by atoms with Gasteiger partial charge >= 0.3 is 5.97 Å². The number of hydrogen-bond donors (Lipinski definition) is 1. The number of benzene rings is 2. The van der Waals surface area contributed by atoms with Gasteiger partial charge in [-0.25, -0.2) is 0 Å². The van der Waals surface area contributed by atoms with Crippen molar-refractivity contribution in [3.63, 3.8) is 0 Å². The lowest BCUT2D eigenvalue weighted by atomic mass is 10.0. The lowest BCUT2D eigenvalue weighted by Gasteiger charge is -2.07. The van der Waals surface area contributed by atoms with Gasteiger partial charge in [0, 0.05) is 12.1 Å². The molecule has 1 heterocycles. The maximum absolute atomic E-state index is 12.4. The average molecular weight is 389 g/mol. The molecule has 1 amide bonds. The Morgan fingerprint density at radius 2 is 1.79 bits per heavy atom. The van der Waals surface area contributed by atoms with Crippen LogP contribution in [0.4, 0.5) is 0 Å². The fourth-order valence-corrected chi connectivity index (χ4v) is 3.37. The van der Waals surface area contributed by atoms with Gasteiger partial charge in [-0.15, -0.1) is 0 Å². The van der Waals surface area contributed by atoms with Gasteiger partial charge in [0.05, 0.1) is 12.7 Å². The van der Waals surface area contributed by atoms with Crippen molar-refractivity contribution in [1.82, 2.24) is 5.32 Å². The Balaban J connectivity index is 1.28. The quantitative estimate of drug-likeness (QED) is 0.387. The lowest BCUT2D eigenvalue weighted by molar-refractivity contribution is -0.142. The summed E-state index contributed by atoms with van der Waals surface area (Å²) in [6.45, 7) is -0.229. The molecule has 0 aliphatic heterocycles. The molecule has 0 radical (unpaired) electrons. The van der Waals surface area contributed by atoms with Gasteiger partial charge in [-0.05, 0) is 46.9 Å². The predicted molar refractivity (Wildman–Crippen MR) is 106 cm³/mol. The molecule has 29 heavy (non-hydrogen) atoms. The van der Waals surface area contributed by atoms with Crippen LogP contribution in [0.15, 0.2) is 65.3 Å². The highest BCUT2D eigenvalue weighted by Gasteiger charge is 2.20. The molecule has 146 valence electrons. The van der Waals surface area contributed by atoms with Crippen molar-refractivity contribution >= 4 is 17.7 Å². The van der Waals surface area contributed by atoms with E-state index < -0.39 is 11.9 Å². The zero-order valence-electron chi connectivity index (χ0n) is 15.6. The van der Waals surface area contributed by atoms with Gasteiger partial charge in [-0.3, -0.25) is 14.4 Å². The molecule has 0 unspecified atom stereocenters.